The molecule has 2 bridgehead atoms. The van der Waals surface area contributed by atoms with Gasteiger partial charge < -0.3 is 24.8 Å². The minimum absolute atomic E-state index is 0.0220. The summed E-state index contributed by atoms with van der Waals surface area (Å²) in [7, 11) is 3.08. The molecule has 3 aromatic rings. The number of aromatic hydroxyl groups is 1. The van der Waals surface area contributed by atoms with Crippen LogP contribution in [0.15, 0.2) is 36.7 Å². The number of alkyl halides is 1. The maximum absolute atomic E-state index is 15.9. The Kier molecular flexibility index (Phi) is 6.29. The molecule has 2 saturated heterocycles. The van der Waals surface area contributed by atoms with E-state index in [-0.39, 0.29) is 17.8 Å². The number of hydrogen-bond donors (Lipinski definition) is 2. The summed E-state index contributed by atoms with van der Waals surface area (Å²) in [6, 6.07) is 7.39. The molecule has 0 spiro atoms. The fraction of sp³-hybridized carbons (Fsp3) is 0.500. The highest BCUT2D eigenvalue weighted by Crippen LogP contribution is 2.43. The Hall–Kier alpha value is -3.53. The van der Waals surface area contributed by atoms with Crippen LogP contribution in [0.3, 0.4) is 0 Å². The van der Waals surface area contributed by atoms with Gasteiger partial charge in [0.15, 0.2) is 17.4 Å². The number of ether oxygens (including phenoxy) is 2. The van der Waals surface area contributed by atoms with Crippen LogP contribution in [0.4, 0.5) is 10.2 Å². The zero-order valence-electron chi connectivity index (χ0n) is 21.9. The molecule has 9 nitrogen and oxygen atoms in total. The number of nitrogens with zero attached hydrogens (tertiary/aromatic N) is 5. The Bertz CT molecular complexity index is 1320. The topological polar surface area (TPSA) is 106 Å². The average Bonchev–Trinajstić information content (AvgIpc) is 3.77. The summed E-state index contributed by atoms with van der Waals surface area (Å²) in [5.74, 6) is 1.82. The Morgan fingerprint density at radius 1 is 1.05 bits per heavy atom. The van der Waals surface area contributed by atoms with Crippen LogP contribution in [0.2, 0.25) is 0 Å². The normalized spacial score (nSPS) is 26.6. The van der Waals surface area contributed by atoms with Crippen molar-refractivity contribution in [3.05, 3.63) is 36.7 Å². The Balaban J connectivity index is 1.25. The molecule has 1 aromatic carbocycles. The zero-order chi connectivity index (χ0) is 26.4. The predicted octanol–water partition coefficient (Wildman–Crippen LogP) is 4.30. The molecule has 4 heterocycles. The van der Waals surface area contributed by atoms with E-state index in [0.29, 0.717) is 34.9 Å². The number of aromatic nitrogens is 4. The van der Waals surface area contributed by atoms with Gasteiger partial charge in [0.25, 0.3) is 5.88 Å². The molecule has 4 atom stereocenters. The van der Waals surface area contributed by atoms with Crippen LogP contribution in [0.5, 0.6) is 17.4 Å². The minimum atomic E-state index is -0.996. The Morgan fingerprint density at radius 3 is 2.58 bits per heavy atom. The summed E-state index contributed by atoms with van der Waals surface area (Å²) in [5, 5.41) is 23.2. The number of phenolic OH excluding ortho intramolecular Hbond substituents is 1. The highest BCUT2D eigenvalue weighted by molar-refractivity contribution is 5.73. The van der Waals surface area contributed by atoms with Crippen molar-refractivity contribution in [2.75, 3.05) is 19.1 Å². The molecule has 38 heavy (non-hydrogen) atoms. The van der Waals surface area contributed by atoms with Crippen LogP contribution in [0, 0.1) is 0 Å². The van der Waals surface area contributed by atoms with Crippen molar-refractivity contribution in [3.63, 3.8) is 0 Å². The molecule has 3 aliphatic rings. The molecule has 2 aromatic heterocycles. The number of fused-ring (bicyclic) bond motifs is 2. The number of piperidine rings is 2. The lowest BCUT2D eigenvalue weighted by molar-refractivity contribution is 0.0385. The number of phenols is 1. The first-order valence-corrected chi connectivity index (χ1v) is 13.2. The number of anilines is 1. The van der Waals surface area contributed by atoms with Gasteiger partial charge >= 0.3 is 0 Å². The first-order chi connectivity index (χ1) is 18.4. The second-order valence-corrected chi connectivity index (χ2v) is 10.8. The fourth-order valence-electron chi connectivity index (χ4n) is 6.09. The number of pyridine rings is 1. The molecule has 0 amide bonds. The van der Waals surface area contributed by atoms with E-state index in [1.807, 2.05) is 13.0 Å². The van der Waals surface area contributed by atoms with Crippen LogP contribution < -0.4 is 19.7 Å². The molecule has 200 valence electrons. The summed E-state index contributed by atoms with van der Waals surface area (Å²) < 4.78 is 26.4. The average molecular weight is 521 g/mol. The first-order valence-electron chi connectivity index (χ1n) is 13.2. The molecular weight excluding hydrogens is 487 g/mol. The van der Waals surface area contributed by atoms with Gasteiger partial charge in [0.1, 0.15) is 11.9 Å². The largest absolute Gasteiger partial charge is 0.507 e. The van der Waals surface area contributed by atoms with Gasteiger partial charge in [-0.1, -0.05) is 6.07 Å². The van der Waals surface area contributed by atoms with Crippen LogP contribution in [0.25, 0.3) is 22.5 Å². The van der Waals surface area contributed by atoms with E-state index in [2.05, 4.69) is 30.4 Å². The molecule has 2 N–H and O–H groups in total. The van der Waals surface area contributed by atoms with Crippen LogP contribution in [-0.2, 0) is 0 Å². The van der Waals surface area contributed by atoms with Gasteiger partial charge in [0.05, 0.1) is 32.0 Å². The van der Waals surface area contributed by atoms with Gasteiger partial charge in [0.2, 0.25) is 0 Å². The van der Waals surface area contributed by atoms with Crippen molar-refractivity contribution in [3.8, 4) is 39.9 Å². The molecule has 3 fully saturated rings. The number of benzene rings is 1. The lowest BCUT2D eigenvalue weighted by atomic mass is 9.73. The number of rotatable bonds is 7. The van der Waals surface area contributed by atoms with Crippen molar-refractivity contribution < 1.29 is 19.0 Å². The molecule has 1 aliphatic carbocycles. The lowest BCUT2D eigenvalue weighted by Crippen LogP contribution is -2.69. The van der Waals surface area contributed by atoms with E-state index < -0.39 is 11.7 Å². The molecule has 0 radical (unpaired) electrons. The third kappa shape index (κ3) is 4.40. The van der Waals surface area contributed by atoms with Crippen molar-refractivity contribution in [2.24, 2.45) is 0 Å². The highest BCUT2D eigenvalue weighted by atomic mass is 19.1. The third-order valence-corrected chi connectivity index (χ3v) is 8.17. The molecule has 6 rings (SSSR count). The van der Waals surface area contributed by atoms with E-state index in [9.17, 15) is 5.11 Å². The molecule has 1 saturated carbocycles. The molecule has 10 heteroatoms. The van der Waals surface area contributed by atoms with E-state index in [4.69, 9.17) is 9.47 Å². The number of halogens is 1. The number of methoxy groups -OCH3 is 2. The monoisotopic (exact) mass is 520 g/mol. The molecule has 2 aliphatic heterocycles. The van der Waals surface area contributed by atoms with Gasteiger partial charge in [-0.3, -0.25) is 0 Å². The summed E-state index contributed by atoms with van der Waals surface area (Å²) >= 11 is 0. The van der Waals surface area contributed by atoms with Gasteiger partial charge in [-0.05, 0) is 69.2 Å². The maximum atomic E-state index is 15.9. The van der Waals surface area contributed by atoms with Gasteiger partial charge in [-0.15, -0.1) is 10.2 Å². The van der Waals surface area contributed by atoms with Crippen LogP contribution in [-0.4, -0.2) is 69.3 Å². The Morgan fingerprint density at radius 2 is 1.89 bits per heavy atom. The number of nitrogens with one attached hydrogen (secondary N) is 1. The quantitative estimate of drug-likeness (QED) is 0.472. The Labute approximate surface area is 221 Å². The fourth-order valence-corrected chi connectivity index (χ4v) is 6.09. The van der Waals surface area contributed by atoms with E-state index in [1.165, 1.54) is 7.11 Å². The van der Waals surface area contributed by atoms with Crippen molar-refractivity contribution in [1.29, 1.82) is 0 Å². The smallest absolute Gasteiger partial charge is 0.256 e. The third-order valence-electron chi connectivity index (χ3n) is 8.17. The summed E-state index contributed by atoms with van der Waals surface area (Å²) in [6.07, 6.45) is 8.11. The molecular formula is C28H33FN6O3. The van der Waals surface area contributed by atoms with E-state index in [1.54, 1.807) is 37.7 Å². The SMILES string of the molecule is COc1cc(-c2ccc(-c3ncc(N(C4CC4)[C@H]4C[C@@H]5CCC[C@@](C)(N5)[C@H]4F)nn3)c(O)c2)cnc1OC. The van der Waals surface area contributed by atoms with Crippen molar-refractivity contribution >= 4 is 5.82 Å². The predicted molar refractivity (Wildman–Crippen MR) is 141 cm³/mol. The maximum Gasteiger partial charge on any atom is 0.256 e. The van der Waals surface area contributed by atoms with E-state index >= 15 is 4.39 Å². The standard InChI is InChI=1S/C28H33FN6O3/c1-28-10-4-5-18(32-28)13-21(25(28)29)35(19-7-8-19)24-15-30-26(34-33-24)20-9-6-16(11-22(20)36)17-12-23(37-2)27(38-3)31-14-17/h6,9,11-12,14-15,18-19,21,25,32,36H,4-5,7-8,10,13H2,1-3H3/t18-,21-,25-,28+/m0/s1. The highest BCUT2D eigenvalue weighted by Gasteiger charge is 2.52. The first kappa shape index (κ1) is 24.8. The summed E-state index contributed by atoms with van der Waals surface area (Å²) in [5.41, 5.74) is 1.48. The molecule has 0 unspecified atom stereocenters. The second-order valence-electron chi connectivity index (χ2n) is 10.8. The van der Waals surface area contributed by atoms with Gasteiger partial charge in [-0.25, -0.2) is 14.4 Å². The van der Waals surface area contributed by atoms with E-state index in [0.717, 1.165) is 49.7 Å². The summed E-state index contributed by atoms with van der Waals surface area (Å²) in [6.45, 7) is 2.01. The van der Waals surface area contributed by atoms with Crippen LogP contribution >= 0.6 is 0 Å². The minimum Gasteiger partial charge on any atom is -0.507 e. The summed E-state index contributed by atoms with van der Waals surface area (Å²) in [4.78, 5) is 10.9. The zero-order valence-corrected chi connectivity index (χ0v) is 21.9. The van der Waals surface area contributed by atoms with Gasteiger partial charge in [0, 0.05) is 29.4 Å². The lowest BCUT2D eigenvalue weighted by Gasteiger charge is -2.52. The second kappa shape index (κ2) is 9.65. The van der Waals surface area contributed by atoms with Crippen molar-refractivity contribution in [2.45, 2.75) is 75.3 Å². The van der Waals surface area contributed by atoms with Crippen molar-refractivity contribution in [1.82, 2.24) is 25.5 Å². The van der Waals surface area contributed by atoms with Crippen LogP contribution in [0.1, 0.15) is 45.4 Å². The number of hydrogen-bond acceptors (Lipinski definition) is 9. The van der Waals surface area contributed by atoms with Gasteiger partial charge in [-0.2, -0.15) is 0 Å².